The van der Waals surface area contributed by atoms with E-state index in [0.29, 0.717) is 18.2 Å². The lowest BCUT2D eigenvalue weighted by molar-refractivity contribution is -0.135. The van der Waals surface area contributed by atoms with Gasteiger partial charge in [0.15, 0.2) is 0 Å². The Bertz CT molecular complexity index is 470. The van der Waals surface area contributed by atoms with E-state index in [-0.39, 0.29) is 11.5 Å². The van der Waals surface area contributed by atoms with E-state index < -0.39 is 0 Å². The van der Waals surface area contributed by atoms with Gasteiger partial charge in [-0.25, -0.2) is 0 Å². The summed E-state index contributed by atoms with van der Waals surface area (Å²) in [5.41, 5.74) is 1.30. The van der Waals surface area contributed by atoms with Gasteiger partial charge in [0, 0.05) is 26.6 Å². The van der Waals surface area contributed by atoms with Gasteiger partial charge in [0.05, 0.1) is 6.10 Å². The number of ether oxygens (including phenoxy) is 1. The van der Waals surface area contributed by atoms with E-state index in [0.717, 1.165) is 25.9 Å². The standard InChI is InChI=1S/C19H29NO2/c1-19(2,3)14-17(21)20-12-10-16(11-13-20)18(22-4)15-8-6-5-7-9-15/h5-9,16,18H,10-14H2,1-4H3. The molecule has 1 aromatic carbocycles. The van der Waals surface area contributed by atoms with Gasteiger partial charge in [-0.3, -0.25) is 4.79 Å². The van der Waals surface area contributed by atoms with Gasteiger partial charge >= 0.3 is 0 Å². The maximum absolute atomic E-state index is 12.3. The summed E-state index contributed by atoms with van der Waals surface area (Å²) in [7, 11) is 1.79. The van der Waals surface area contributed by atoms with Crippen LogP contribution in [0.5, 0.6) is 0 Å². The number of amides is 1. The minimum Gasteiger partial charge on any atom is -0.376 e. The van der Waals surface area contributed by atoms with Gasteiger partial charge in [-0.15, -0.1) is 0 Å². The highest BCUT2D eigenvalue weighted by atomic mass is 16.5. The summed E-state index contributed by atoms with van der Waals surface area (Å²) < 4.78 is 5.75. The van der Waals surface area contributed by atoms with Crippen LogP contribution in [0, 0.1) is 11.3 Å². The molecular weight excluding hydrogens is 274 g/mol. The third kappa shape index (κ3) is 4.57. The SMILES string of the molecule is COC(c1ccccc1)C1CCN(C(=O)CC(C)(C)C)CC1. The van der Waals surface area contributed by atoms with Crippen LogP contribution in [-0.2, 0) is 9.53 Å². The van der Waals surface area contributed by atoms with Crippen LogP contribution in [0.3, 0.4) is 0 Å². The fraction of sp³-hybridized carbons (Fsp3) is 0.632. The van der Waals surface area contributed by atoms with E-state index >= 15 is 0 Å². The van der Waals surface area contributed by atoms with E-state index in [2.05, 4.69) is 45.0 Å². The summed E-state index contributed by atoms with van der Waals surface area (Å²) in [5, 5.41) is 0. The molecule has 0 saturated carbocycles. The third-order valence-corrected chi connectivity index (χ3v) is 4.38. The number of hydrogen-bond acceptors (Lipinski definition) is 2. The number of carbonyl (C=O) groups excluding carboxylic acids is 1. The number of benzene rings is 1. The first kappa shape index (κ1) is 17.0. The molecule has 2 rings (SSSR count). The van der Waals surface area contributed by atoms with Crippen molar-refractivity contribution >= 4 is 5.91 Å². The van der Waals surface area contributed by atoms with Gasteiger partial charge in [-0.2, -0.15) is 0 Å². The first-order valence-electron chi connectivity index (χ1n) is 8.26. The van der Waals surface area contributed by atoms with E-state index in [1.54, 1.807) is 7.11 Å². The highest BCUT2D eigenvalue weighted by Crippen LogP contribution is 2.33. The van der Waals surface area contributed by atoms with E-state index in [1.165, 1.54) is 5.56 Å². The smallest absolute Gasteiger partial charge is 0.223 e. The molecule has 0 bridgehead atoms. The van der Waals surface area contributed by atoms with Gasteiger partial charge < -0.3 is 9.64 Å². The molecule has 1 saturated heterocycles. The van der Waals surface area contributed by atoms with Crippen LogP contribution < -0.4 is 0 Å². The fourth-order valence-corrected chi connectivity index (χ4v) is 3.26. The van der Waals surface area contributed by atoms with Gasteiger partial charge in [0.1, 0.15) is 0 Å². The predicted molar refractivity (Wildman–Crippen MR) is 89.6 cm³/mol. The van der Waals surface area contributed by atoms with Crippen molar-refractivity contribution in [2.75, 3.05) is 20.2 Å². The molecule has 0 aromatic heterocycles. The first-order chi connectivity index (χ1) is 10.4. The zero-order valence-electron chi connectivity index (χ0n) is 14.3. The summed E-state index contributed by atoms with van der Waals surface area (Å²) in [6.45, 7) is 8.06. The van der Waals surface area contributed by atoms with Gasteiger partial charge in [-0.05, 0) is 29.7 Å². The highest BCUT2D eigenvalue weighted by molar-refractivity contribution is 5.76. The quantitative estimate of drug-likeness (QED) is 0.840. The van der Waals surface area contributed by atoms with Crippen molar-refractivity contribution in [1.29, 1.82) is 0 Å². The van der Waals surface area contributed by atoms with Crippen LogP contribution in [0.25, 0.3) is 0 Å². The normalized spacial score (nSPS) is 18.3. The average Bonchev–Trinajstić information content (AvgIpc) is 2.48. The molecular formula is C19H29NO2. The number of hydrogen-bond donors (Lipinski definition) is 0. The molecule has 0 spiro atoms. The largest absolute Gasteiger partial charge is 0.376 e. The van der Waals surface area contributed by atoms with Crippen molar-refractivity contribution < 1.29 is 9.53 Å². The Kier molecular flexibility index (Phi) is 5.63. The zero-order chi connectivity index (χ0) is 16.2. The molecule has 0 radical (unpaired) electrons. The van der Waals surface area contributed by atoms with E-state index in [9.17, 15) is 4.79 Å². The highest BCUT2D eigenvalue weighted by Gasteiger charge is 2.30. The van der Waals surface area contributed by atoms with Crippen LogP contribution in [0.4, 0.5) is 0 Å². The Balaban J connectivity index is 1.92. The molecule has 1 amide bonds. The molecule has 1 atom stereocenters. The van der Waals surface area contributed by atoms with Crippen molar-refractivity contribution in [2.24, 2.45) is 11.3 Å². The number of methoxy groups -OCH3 is 1. The zero-order valence-corrected chi connectivity index (χ0v) is 14.3. The molecule has 3 nitrogen and oxygen atoms in total. The molecule has 1 aliphatic rings. The summed E-state index contributed by atoms with van der Waals surface area (Å²) in [4.78, 5) is 14.4. The lowest BCUT2D eigenvalue weighted by Gasteiger charge is -2.36. The topological polar surface area (TPSA) is 29.5 Å². The van der Waals surface area contributed by atoms with Crippen LogP contribution in [-0.4, -0.2) is 31.0 Å². The average molecular weight is 303 g/mol. The maximum Gasteiger partial charge on any atom is 0.223 e. The third-order valence-electron chi connectivity index (χ3n) is 4.38. The Hall–Kier alpha value is -1.35. The molecule has 3 heteroatoms. The van der Waals surface area contributed by atoms with E-state index in [1.807, 2.05) is 11.0 Å². The van der Waals surface area contributed by atoms with Crippen molar-refractivity contribution in [3.05, 3.63) is 35.9 Å². The van der Waals surface area contributed by atoms with Crippen molar-refractivity contribution in [3.8, 4) is 0 Å². The fourth-order valence-electron chi connectivity index (χ4n) is 3.26. The van der Waals surface area contributed by atoms with Crippen LogP contribution in [0.2, 0.25) is 0 Å². The van der Waals surface area contributed by atoms with Crippen molar-refractivity contribution in [2.45, 2.75) is 46.1 Å². The lowest BCUT2D eigenvalue weighted by atomic mass is 9.86. The second-order valence-corrected chi connectivity index (χ2v) is 7.52. The monoisotopic (exact) mass is 303 g/mol. The summed E-state index contributed by atoms with van der Waals surface area (Å²) in [6, 6.07) is 10.4. The second kappa shape index (κ2) is 7.28. The number of carbonyl (C=O) groups is 1. The molecule has 1 unspecified atom stereocenters. The van der Waals surface area contributed by atoms with Gasteiger partial charge in [0.25, 0.3) is 0 Å². The summed E-state index contributed by atoms with van der Waals surface area (Å²) >= 11 is 0. The molecule has 1 heterocycles. The predicted octanol–water partition coefficient (Wildman–Crippen LogP) is 4.05. The molecule has 122 valence electrons. The van der Waals surface area contributed by atoms with Crippen LogP contribution >= 0.6 is 0 Å². The van der Waals surface area contributed by atoms with Crippen molar-refractivity contribution in [1.82, 2.24) is 4.90 Å². The molecule has 1 fully saturated rings. The van der Waals surface area contributed by atoms with Crippen molar-refractivity contribution in [3.63, 3.8) is 0 Å². The Morgan fingerprint density at radius 1 is 1.23 bits per heavy atom. The lowest BCUT2D eigenvalue weighted by Crippen LogP contribution is -2.41. The van der Waals surface area contributed by atoms with Crippen LogP contribution in [0.1, 0.15) is 51.7 Å². The molecule has 1 aromatic rings. The first-order valence-corrected chi connectivity index (χ1v) is 8.26. The second-order valence-electron chi connectivity index (χ2n) is 7.52. The molecule has 0 N–H and O–H groups in total. The minimum absolute atomic E-state index is 0.0625. The Morgan fingerprint density at radius 2 is 1.82 bits per heavy atom. The Morgan fingerprint density at radius 3 is 2.32 bits per heavy atom. The van der Waals surface area contributed by atoms with Gasteiger partial charge in [-0.1, -0.05) is 51.1 Å². The molecule has 1 aliphatic heterocycles. The number of rotatable bonds is 4. The number of likely N-dealkylation sites (tertiary alicyclic amines) is 1. The molecule has 22 heavy (non-hydrogen) atoms. The summed E-state index contributed by atoms with van der Waals surface area (Å²) in [5.74, 6) is 0.783. The molecule has 0 aliphatic carbocycles. The summed E-state index contributed by atoms with van der Waals surface area (Å²) in [6.07, 6.45) is 2.80. The maximum atomic E-state index is 12.3. The van der Waals surface area contributed by atoms with Gasteiger partial charge in [0.2, 0.25) is 5.91 Å². The van der Waals surface area contributed by atoms with Crippen LogP contribution in [0.15, 0.2) is 30.3 Å². The Labute approximate surface area is 134 Å². The van der Waals surface area contributed by atoms with E-state index in [4.69, 9.17) is 4.74 Å². The number of nitrogens with zero attached hydrogens (tertiary/aromatic N) is 1. The minimum atomic E-state index is 0.0625. The number of piperidine rings is 1.